The summed E-state index contributed by atoms with van der Waals surface area (Å²) in [5.74, 6) is 1.02. The largest absolute Gasteiger partial charge is 0.0774 e. The molecule has 1 atom stereocenters. The van der Waals surface area contributed by atoms with E-state index in [0.29, 0.717) is 18.7 Å². The van der Waals surface area contributed by atoms with E-state index in [9.17, 15) is 0 Å². The molecule has 12 heavy (non-hydrogen) atoms. The quantitative estimate of drug-likeness (QED) is 0.544. The lowest BCUT2D eigenvalue weighted by molar-refractivity contribution is 0.555. The molecule has 0 saturated carbocycles. The Morgan fingerprint density at radius 2 is 1.50 bits per heavy atom. The monoisotopic (exact) mass is 169 g/mol. The van der Waals surface area contributed by atoms with Gasteiger partial charge in [0.05, 0.1) is 0 Å². The maximum atomic E-state index is 7.11. The molecule has 72 valence electrons. The highest BCUT2D eigenvalue weighted by molar-refractivity contribution is 5.17. The molecule has 1 aliphatic rings. The summed E-state index contributed by atoms with van der Waals surface area (Å²) in [7, 11) is 0. The second-order valence-electron chi connectivity index (χ2n) is 2.32. The molecular weight excluding hydrogens is 144 g/mol. The van der Waals surface area contributed by atoms with Crippen LogP contribution in [0.1, 0.15) is 42.9 Å². The zero-order chi connectivity index (χ0) is 10.7. The minimum Gasteiger partial charge on any atom is -0.0774 e. The summed E-state index contributed by atoms with van der Waals surface area (Å²) in [6, 6.07) is 0. The normalized spacial score (nSPS) is 16.9. The van der Waals surface area contributed by atoms with Crippen LogP contribution < -0.4 is 0 Å². The molecule has 0 aromatic carbocycles. The summed E-state index contributed by atoms with van der Waals surface area (Å²) in [6.07, 6.45) is 8.41. The van der Waals surface area contributed by atoms with Crippen LogP contribution in [0.15, 0.2) is 24.3 Å². The van der Waals surface area contributed by atoms with Crippen LogP contribution in [0.4, 0.5) is 0 Å². The number of hydrogen-bond acceptors (Lipinski definition) is 0. The molecule has 0 heteroatoms. The van der Waals surface area contributed by atoms with E-state index in [1.54, 1.807) is 0 Å². The average Bonchev–Trinajstić information content (AvgIpc) is 2.76. The third-order valence-electron chi connectivity index (χ3n) is 1.43. The van der Waals surface area contributed by atoms with Crippen LogP contribution in [-0.4, -0.2) is 0 Å². The lowest BCUT2D eigenvalue weighted by Crippen LogP contribution is -1.98. The molecule has 0 saturated heterocycles. The molecule has 0 aliphatic heterocycles. The summed E-state index contributed by atoms with van der Waals surface area (Å²) in [4.78, 5) is 0. The van der Waals surface area contributed by atoms with Crippen LogP contribution in [0.2, 0.25) is 0 Å². The van der Waals surface area contributed by atoms with Crippen LogP contribution in [0.5, 0.6) is 0 Å². The van der Waals surface area contributed by atoms with Crippen LogP contribution in [0, 0.1) is 11.8 Å². The van der Waals surface area contributed by atoms with Gasteiger partial charge in [-0.1, -0.05) is 65.8 Å². The van der Waals surface area contributed by atoms with Gasteiger partial charge in [0.1, 0.15) is 0 Å². The van der Waals surface area contributed by atoms with Gasteiger partial charge in [0, 0.05) is 1.37 Å². The standard InChI is InChI=1S/C8H12.2C2H6/c1-7(2)8-5-3-4-6-8;2*1-2/h3-8H,1-2H3;2*1-2H3/i1D;;. The molecule has 0 aromatic heterocycles. The molecule has 0 fully saturated rings. The fourth-order valence-electron chi connectivity index (χ4n) is 0.828. The van der Waals surface area contributed by atoms with E-state index < -0.39 is 0 Å². The lowest BCUT2D eigenvalue weighted by Gasteiger charge is -2.07. The first-order valence-corrected chi connectivity index (χ1v) is 4.99. The van der Waals surface area contributed by atoms with Gasteiger partial charge in [-0.25, -0.2) is 0 Å². The SMILES string of the molecule is CC.CC.[2H]CC(C)C1C=CC=C1. The van der Waals surface area contributed by atoms with Crippen molar-refractivity contribution in [3.05, 3.63) is 24.3 Å². The molecule has 0 spiro atoms. The van der Waals surface area contributed by atoms with Gasteiger partial charge >= 0.3 is 0 Å². The molecular formula is C12H24. The summed E-state index contributed by atoms with van der Waals surface area (Å²) < 4.78 is 7.11. The molecule has 0 N–H and O–H groups in total. The second kappa shape index (κ2) is 10.5. The summed E-state index contributed by atoms with van der Waals surface area (Å²) in [5.41, 5.74) is 0. The predicted octanol–water partition coefficient (Wildman–Crippen LogP) is 4.44. The number of allylic oxidation sites excluding steroid dienone is 4. The van der Waals surface area contributed by atoms with E-state index in [1.807, 2.05) is 27.7 Å². The van der Waals surface area contributed by atoms with E-state index >= 15 is 0 Å². The maximum absolute atomic E-state index is 7.11. The fourth-order valence-corrected chi connectivity index (χ4v) is 0.828. The molecule has 0 aromatic rings. The van der Waals surface area contributed by atoms with Gasteiger partial charge in [-0.05, 0) is 11.8 Å². The van der Waals surface area contributed by atoms with Crippen LogP contribution in [0.25, 0.3) is 0 Å². The first-order valence-electron chi connectivity index (χ1n) is 5.69. The van der Waals surface area contributed by atoms with Crippen molar-refractivity contribution in [1.29, 1.82) is 0 Å². The first kappa shape index (κ1) is 11.5. The van der Waals surface area contributed by atoms with E-state index in [2.05, 4.69) is 31.2 Å². The van der Waals surface area contributed by atoms with Crippen LogP contribution >= 0.6 is 0 Å². The Balaban J connectivity index is 0. The Bertz CT molecular complexity index is 124. The summed E-state index contributed by atoms with van der Waals surface area (Å²) in [6.45, 7) is 10.6. The fraction of sp³-hybridized carbons (Fsp3) is 0.667. The van der Waals surface area contributed by atoms with Crippen molar-refractivity contribution in [2.24, 2.45) is 11.8 Å². The third-order valence-corrected chi connectivity index (χ3v) is 1.43. The van der Waals surface area contributed by atoms with Crippen molar-refractivity contribution in [2.45, 2.75) is 41.5 Å². The van der Waals surface area contributed by atoms with Crippen molar-refractivity contribution in [3.8, 4) is 0 Å². The zero-order valence-corrected chi connectivity index (χ0v) is 9.17. The second-order valence-corrected chi connectivity index (χ2v) is 2.32. The van der Waals surface area contributed by atoms with Crippen molar-refractivity contribution < 1.29 is 1.37 Å². The van der Waals surface area contributed by atoms with Crippen molar-refractivity contribution in [2.75, 3.05) is 0 Å². The first-order chi connectivity index (χ1) is 6.34. The van der Waals surface area contributed by atoms with E-state index in [-0.39, 0.29) is 0 Å². The molecule has 1 unspecified atom stereocenters. The predicted molar refractivity (Wildman–Crippen MR) is 59.3 cm³/mol. The smallest absolute Gasteiger partial charge is 0.0233 e. The highest BCUT2D eigenvalue weighted by Crippen LogP contribution is 2.17. The molecule has 0 bridgehead atoms. The Hall–Kier alpha value is -0.520. The Kier molecular flexibility index (Phi) is 10.0. The van der Waals surface area contributed by atoms with Gasteiger partial charge < -0.3 is 0 Å². The van der Waals surface area contributed by atoms with Gasteiger partial charge in [-0.2, -0.15) is 0 Å². The van der Waals surface area contributed by atoms with Crippen molar-refractivity contribution >= 4 is 0 Å². The minimum atomic E-state index is 0.486. The molecule has 0 heterocycles. The third kappa shape index (κ3) is 6.21. The van der Waals surface area contributed by atoms with E-state index in [4.69, 9.17) is 1.37 Å². The average molecular weight is 169 g/mol. The molecule has 1 aliphatic carbocycles. The number of hydrogen-bond donors (Lipinski definition) is 0. The minimum absolute atomic E-state index is 0.486. The maximum Gasteiger partial charge on any atom is 0.0233 e. The van der Waals surface area contributed by atoms with Gasteiger partial charge in [-0.15, -0.1) is 0 Å². The van der Waals surface area contributed by atoms with Crippen molar-refractivity contribution in [3.63, 3.8) is 0 Å². The van der Waals surface area contributed by atoms with E-state index in [1.165, 1.54) is 0 Å². The van der Waals surface area contributed by atoms with Gasteiger partial charge in [0.2, 0.25) is 0 Å². The van der Waals surface area contributed by atoms with Gasteiger partial charge in [0.15, 0.2) is 0 Å². The van der Waals surface area contributed by atoms with E-state index in [0.717, 1.165) is 0 Å². The molecule has 0 amide bonds. The number of rotatable bonds is 1. The highest BCUT2D eigenvalue weighted by atomic mass is 14.1. The van der Waals surface area contributed by atoms with Crippen LogP contribution in [-0.2, 0) is 0 Å². The van der Waals surface area contributed by atoms with Crippen LogP contribution in [0.3, 0.4) is 0 Å². The Morgan fingerprint density at radius 1 is 1.08 bits per heavy atom. The molecule has 0 radical (unpaired) electrons. The Morgan fingerprint density at radius 3 is 1.83 bits per heavy atom. The highest BCUT2D eigenvalue weighted by Gasteiger charge is 2.06. The summed E-state index contributed by atoms with van der Waals surface area (Å²) in [5, 5.41) is 0. The molecule has 0 nitrogen and oxygen atoms in total. The van der Waals surface area contributed by atoms with Gasteiger partial charge in [-0.3, -0.25) is 0 Å². The van der Waals surface area contributed by atoms with Crippen molar-refractivity contribution in [1.82, 2.24) is 0 Å². The topological polar surface area (TPSA) is 0 Å². The lowest BCUT2D eigenvalue weighted by atomic mass is 9.98. The zero-order valence-electron chi connectivity index (χ0n) is 10.2. The summed E-state index contributed by atoms with van der Waals surface area (Å²) >= 11 is 0. The Labute approximate surface area is 79.8 Å². The van der Waals surface area contributed by atoms with Gasteiger partial charge in [0.25, 0.3) is 0 Å². The molecule has 1 rings (SSSR count).